The maximum Gasteiger partial charge on any atom is 0.206 e. The Bertz CT molecular complexity index is 688. The molecule has 136 valence electrons. The first kappa shape index (κ1) is 19.3. The summed E-state index contributed by atoms with van der Waals surface area (Å²) >= 11 is 5.96. The van der Waals surface area contributed by atoms with Gasteiger partial charge in [-0.25, -0.2) is 8.42 Å². The third-order valence-corrected chi connectivity index (χ3v) is 4.69. The summed E-state index contributed by atoms with van der Waals surface area (Å²) in [6, 6.07) is 5.23. The Kier molecular flexibility index (Phi) is 5.69. The molecule has 24 heavy (non-hydrogen) atoms. The number of benzene rings is 1. The smallest absolute Gasteiger partial charge is 0.206 e. The highest BCUT2D eigenvalue weighted by Crippen LogP contribution is 2.37. The Balaban J connectivity index is 2.13. The van der Waals surface area contributed by atoms with E-state index in [1.807, 2.05) is 31.7 Å². The summed E-state index contributed by atoms with van der Waals surface area (Å²) in [5, 5.41) is 0.548. The standard InChI is InChI=1S/C16H25ClN2O4S/c1-16(2,3)23-15-14(22-15)19(8-5-9-24(4,20)21)13-7-6-11(17)10-12(13)18/h6-7,10,14-15H,5,8-9,18H2,1-4H3. The number of nitrogens with two attached hydrogens (primary N) is 1. The van der Waals surface area contributed by atoms with Crippen molar-refractivity contribution in [2.45, 2.75) is 45.3 Å². The fourth-order valence-corrected chi connectivity index (χ4v) is 3.25. The second-order valence-corrected chi connectivity index (χ2v) is 9.70. The van der Waals surface area contributed by atoms with Crippen molar-refractivity contribution >= 4 is 32.8 Å². The van der Waals surface area contributed by atoms with Gasteiger partial charge in [0.15, 0.2) is 6.23 Å². The summed E-state index contributed by atoms with van der Waals surface area (Å²) in [6.45, 7) is 6.36. The van der Waals surface area contributed by atoms with Crippen LogP contribution < -0.4 is 10.6 Å². The van der Waals surface area contributed by atoms with Crippen molar-refractivity contribution in [1.29, 1.82) is 0 Å². The van der Waals surface area contributed by atoms with Crippen molar-refractivity contribution in [2.75, 3.05) is 29.2 Å². The first-order valence-corrected chi connectivity index (χ1v) is 10.2. The Morgan fingerprint density at radius 1 is 1.38 bits per heavy atom. The predicted molar refractivity (Wildman–Crippen MR) is 97.0 cm³/mol. The highest BCUT2D eigenvalue weighted by molar-refractivity contribution is 7.90. The van der Waals surface area contributed by atoms with Crippen LogP contribution in [0.5, 0.6) is 0 Å². The van der Waals surface area contributed by atoms with Gasteiger partial charge >= 0.3 is 0 Å². The second kappa shape index (κ2) is 7.07. The third kappa shape index (κ3) is 5.81. The summed E-state index contributed by atoms with van der Waals surface area (Å²) < 4.78 is 34.2. The van der Waals surface area contributed by atoms with E-state index in [4.69, 9.17) is 26.8 Å². The lowest BCUT2D eigenvalue weighted by molar-refractivity contribution is -0.0570. The molecule has 0 radical (unpaired) electrons. The molecular weight excluding hydrogens is 352 g/mol. The van der Waals surface area contributed by atoms with Gasteiger partial charge < -0.3 is 20.1 Å². The van der Waals surface area contributed by atoms with Gasteiger partial charge in [-0.3, -0.25) is 0 Å². The minimum Gasteiger partial charge on any atom is -0.397 e. The van der Waals surface area contributed by atoms with Crippen LogP contribution in [0.4, 0.5) is 11.4 Å². The van der Waals surface area contributed by atoms with Crippen molar-refractivity contribution in [3.05, 3.63) is 23.2 Å². The van der Waals surface area contributed by atoms with Gasteiger partial charge in [0.05, 0.1) is 22.7 Å². The van der Waals surface area contributed by atoms with Crippen molar-refractivity contribution < 1.29 is 17.9 Å². The number of nitrogen functional groups attached to an aromatic ring is 1. The number of epoxide rings is 1. The van der Waals surface area contributed by atoms with E-state index in [9.17, 15) is 8.42 Å². The lowest BCUT2D eigenvalue weighted by atomic mass is 10.2. The number of ether oxygens (including phenoxy) is 2. The van der Waals surface area contributed by atoms with Crippen molar-refractivity contribution in [3.8, 4) is 0 Å². The maximum absolute atomic E-state index is 11.4. The van der Waals surface area contributed by atoms with E-state index in [1.165, 1.54) is 6.26 Å². The summed E-state index contributed by atoms with van der Waals surface area (Å²) in [4.78, 5) is 1.94. The fraction of sp³-hybridized carbons (Fsp3) is 0.625. The van der Waals surface area contributed by atoms with E-state index in [1.54, 1.807) is 12.1 Å². The topological polar surface area (TPSA) is 85.2 Å². The Hall–Kier alpha value is -1.02. The predicted octanol–water partition coefficient (Wildman–Crippen LogP) is 2.66. The highest BCUT2D eigenvalue weighted by Gasteiger charge is 2.47. The van der Waals surface area contributed by atoms with Crippen LogP contribution in [0.25, 0.3) is 0 Å². The van der Waals surface area contributed by atoms with Crippen LogP contribution in [0, 0.1) is 0 Å². The molecule has 1 aliphatic heterocycles. The van der Waals surface area contributed by atoms with Crippen LogP contribution in [0.3, 0.4) is 0 Å². The molecule has 1 saturated heterocycles. The van der Waals surface area contributed by atoms with E-state index >= 15 is 0 Å². The number of rotatable bonds is 7. The molecule has 0 aliphatic carbocycles. The molecule has 0 spiro atoms. The maximum atomic E-state index is 11.4. The molecule has 2 unspecified atom stereocenters. The number of hydrogen-bond acceptors (Lipinski definition) is 6. The molecule has 6 nitrogen and oxygen atoms in total. The Morgan fingerprint density at radius 2 is 2.04 bits per heavy atom. The molecule has 0 saturated carbocycles. The molecule has 2 N–H and O–H groups in total. The number of anilines is 2. The zero-order chi connectivity index (χ0) is 18.1. The lowest BCUT2D eigenvalue weighted by Gasteiger charge is -2.25. The van der Waals surface area contributed by atoms with Gasteiger partial charge in [-0.2, -0.15) is 0 Å². The van der Waals surface area contributed by atoms with Gasteiger partial charge in [-0.1, -0.05) is 11.6 Å². The number of hydrogen-bond donors (Lipinski definition) is 1. The summed E-state index contributed by atoms with van der Waals surface area (Å²) in [5.74, 6) is 0.106. The van der Waals surface area contributed by atoms with Crippen LogP contribution in [0.15, 0.2) is 18.2 Å². The summed E-state index contributed by atoms with van der Waals surface area (Å²) in [7, 11) is -3.02. The van der Waals surface area contributed by atoms with Crippen molar-refractivity contribution in [1.82, 2.24) is 0 Å². The Morgan fingerprint density at radius 3 is 2.58 bits per heavy atom. The van der Waals surface area contributed by atoms with E-state index in [0.717, 1.165) is 5.69 Å². The molecular formula is C16H25ClN2O4S. The minimum absolute atomic E-state index is 0.106. The van der Waals surface area contributed by atoms with E-state index in [0.29, 0.717) is 23.7 Å². The normalized spacial score (nSPS) is 20.9. The van der Waals surface area contributed by atoms with E-state index in [-0.39, 0.29) is 23.9 Å². The number of sulfone groups is 1. The second-order valence-electron chi connectivity index (χ2n) is 7.01. The van der Waals surface area contributed by atoms with Crippen LogP contribution >= 0.6 is 11.6 Å². The summed E-state index contributed by atoms with van der Waals surface area (Å²) in [5.41, 5.74) is 7.03. The first-order valence-electron chi connectivity index (χ1n) is 7.79. The van der Waals surface area contributed by atoms with E-state index < -0.39 is 9.84 Å². The van der Waals surface area contributed by atoms with Gasteiger partial charge in [0, 0.05) is 17.8 Å². The van der Waals surface area contributed by atoms with Gasteiger partial charge in [0.1, 0.15) is 9.84 Å². The van der Waals surface area contributed by atoms with Crippen LogP contribution in [-0.4, -0.2) is 45.1 Å². The molecule has 1 fully saturated rings. The number of nitrogens with zero attached hydrogens (tertiary/aromatic N) is 1. The first-order chi connectivity index (χ1) is 11.0. The van der Waals surface area contributed by atoms with Crippen molar-refractivity contribution in [2.24, 2.45) is 0 Å². The molecule has 0 amide bonds. The highest BCUT2D eigenvalue weighted by atomic mass is 35.5. The van der Waals surface area contributed by atoms with Gasteiger partial charge in [0.2, 0.25) is 6.29 Å². The third-order valence-electron chi connectivity index (χ3n) is 3.42. The van der Waals surface area contributed by atoms with E-state index in [2.05, 4.69) is 0 Å². The average Bonchev–Trinajstić information content (AvgIpc) is 3.11. The fourth-order valence-electron chi connectivity index (χ4n) is 2.42. The average molecular weight is 377 g/mol. The summed E-state index contributed by atoms with van der Waals surface area (Å²) in [6.07, 6.45) is 1.06. The Labute approximate surface area is 148 Å². The SMILES string of the molecule is CC(C)(C)OC1OC1N(CCCS(C)(=O)=O)c1ccc(Cl)cc1N. The monoisotopic (exact) mass is 376 g/mol. The minimum atomic E-state index is -3.02. The van der Waals surface area contributed by atoms with Gasteiger partial charge in [0.25, 0.3) is 0 Å². The molecule has 1 aliphatic rings. The van der Waals surface area contributed by atoms with Crippen LogP contribution in [0.1, 0.15) is 27.2 Å². The molecule has 2 atom stereocenters. The molecule has 2 rings (SSSR count). The van der Waals surface area contributed by atoms with Gasteiger partial charge in [-0.15, -0.1) is 0 Å². The quantitative estimate of drug-likeness (QED) is 0.581. The zero-order valence-electron chi connectivity index (χ0n) is 14.5. The molecule has 1 aromatic carbocycles. The molecule has 1 heterocycles. The van der Waals surface area contributed by atoms with Crippen LogP contribution in [-0.2, 0) is 19.3 Å². The largest absolute Gasteiger partial charge is 0.397 e. The van der Waals surface area contributed by atoms with Gasteiger partial charge in [-0.05, 0) is 45.4 Å². The van der Waals surface area contributed by atoms with Crippen molar-refractivity contribution in [3.63, 3.8) is 0 Å². The molecule has 8 heteroatoms. The lowest BCUT2D eigenvalue weighted by Crippen LogP contribution is -2.33. The molecule has 1 aromatic rings. The molecule has 0 bridgehead atoms. The molecule has 0 aromatic heterocycles. The zero-order valence-corrected chi connectivity index (χ0v) is 16.0. The van der Waals surface area contributed by atoms with Crippen LogP contribution in [0.2, 0.25) is 5.02 Å². The number of halogens is 1.